The maximum atomic E-state index is 10.4. The van der Waals surface area contributed by atoms with Crippen LogP contribution in [0.1, 0.15) is 10.4 Å². The first kappa shape index (κ1) is 11.6. The van der Waals surface area contributed by atoms with Crippen molar-refractivity contribution in [2.75, 3.05) is 6.26 Å². The van der Waals surface area contributed by atoms with E-state index in [9.17, 15) is 4.79 Å². The van der Waals surface area contributed by atoms with E-state index in [2.05, 4.69) is 9.97 Å². The van der Waals surface area contributed by atoms with Gasteiger partial charge in [-0.2, -0.15) is 0 Å². The standard InChI is InChI=1S/C12H10N2O2S/c1-17-11-4-2-10(3-5-11)16-12-13-6-9(8-15)7-14-12/h2-8H,1H3. The summed E-state index contributed by atoms with van der Waals surface area (Å²) >= 11 is 1.66. The Balaban J connectivity index is 2.10. The summed E-state index contributed by atoms with van der Waals surface area (Å²) in [6.45, 7) is 0. The van der Waals surface area contributed by atoms with Crippen molar-refractivity contribution in [3.63, 3.8) is 0 Å². The van der Waals surface area contributed by atoms with Gasteiger partial charge in [0.15, 0.2) is 6.29 Å². The van der Waals surface area contributed by atoms with E-state index in [4.69, 9.17) is 4.74 Å². The number of rotatable bonds is 4. The van der Waals surface area contributed by atoms with Crippen LogP contribution in [0.15, 0.2) is 41.6 Å². The number of benzene rings is 1. The first-order valence-corrected chi connectivity index (χ1v) is 6.13. The van der Waals surface area contributed by atoms with Crippen molar-refractivity contribution in [2.24, 2.45) is 0 Å². The molecule has 0 saturated carbocycles. The number of carbonyl (C=O) groups excluding carboxylic acids is 1. The molecule has 0 aliphatic rings. The maximum Gasteiger partial charge on any atom is 0.321 e. The molecule has 0 unspecified atom stereocenters. The lowest BCUT2D eigenvalue weighted by Gasteiger charge is -2.03. The molecule has 0 fully saturated rings. The number of aromatic nitrogens is 2. The van der Waals surface area contributed by atoms with Crippen LogP contribution >= 0.6 is 11.8 Å². The van der Waals surface area contributed by atoms with Crippen LogP contribution in [-0.4, -0.2) is 22.5 Å². The summed E-state index contributed by atoms with van der Waals surface area (Å²) in [5, 5.41) is 0. The number of aldehydes is 1. The highest BCUT2D eigenvalue weighted by Crippen LogP contribution is 2.21. The molecule has 0 radical (unpaired) electrons. The van der Waals surface area contributed by atoms with Gasteiger partial charge in [0.05, 0.1) is 5.56 Å². The predicted octanol–water partition coefficient (Wildman–Crippen LogP) is 2.80. The lowest BCUT2D eigenvalue weighted by Crippen LogP contribution is -1.92. The normalized spacial score (nSPS) is 9.94. The van der Waals surface area contributed by atoms with Crippen LogP contribution in [0.4, 0.5) is 0 Å². The second kappa shape index (κ2) is 5.45. The average molecular weight is 246 g/mol. The monoisotopic (exact) mass is 246 g/mol. The number of carbonyl (C=O) groups is 1. The Hall–Kier alpha value is -1.88. The Morgan fingerprint density at radius 2 is 1.82 bits per heavy atom. The first-order valence-electron chi connectivity index (χ1n) is 4.91. The van der Waals surface area contributed by atoms with Crippen LogP contribution in [0.3, 0.4) is 0 Å². The summed E-state index contributed by atoms with van der Waals surface area (Å²) < 4.78 is 5.43. The Bertz CT molecular complexity index is 497. The fraction of sp³-hybridized carbons (Fsp3) is 0.0833. The Morgan fingerprint density at radius 1 is 1.18 bits per heavy atom. The van der Waals surface area contributed by atoms with E-state index in [1.807, 2.05) is 30.5 Å². The highest BCUT2D eigenvalue weighted by atomic mass is 32.2. The summed E-state index contributed by atoms with van der Waals surface area (Å²) in [6, 6.07) is 7.85. The number of ether oxygens (including phenoxy) is 1. The van der Waals surface area contributed by atoms with E-state index in [0.29, 0.717) is 17.6 Å². The van der Waals surface area contributed by atoms with E-state index in [-0.39, 0.29) is 6.01 Å². The molecule has 1 aromatic carbocycles. The molecule has 4 nitrogen and oxygen atoms in total. The van der Waals surface area contributed by atoms with Gasteiger partial charge in [-0.3, -0.25) is 4.79 Å². The Morgan fingerprint density at radius 3 is 2.35 bits per heavy atom. The Labute approximate surface area is 103 Å². The van der Waals surface area contributed by atoms with E-state index < -0.39 is 0 Å². The van der Waals surface area contributed by atoms with Gasteiger partial charge in [0.25, 0.3) is 0 Å². The third-order valence-corrected chi connectivity index (χ3v) is 2.80. The lowest BCUT2D eigenvalue weighted by molar-refractivity contribution is 0.112. The van der Waals surface area contributed by atoms with Gasteiger partial charge in [0.1, 0.15) is 5.75 Å². The van der Waals surface area contributed by atoms with Crippen LogP contribution in [-0.2, 0) is 0 Å². The summed E-state index contributed by atoms with van der Waals surface area (Å²) in [5.74, 6) is 0.668. The van der Waals surface area contributed by atoms with Gasteiger partial charge in [0.2, 0.25) is 0 Å². The quantitative estimate of drug-likeness (QED) is 0.613. The summed E-state index contributed by atoms with van der Waals surface area (Å²) in [5.41, 5.74) is 0.426. The third-order valence-electron chi connectivity index (χ3n) is 2.05. The maximum absolute atomic E-state index is 10.4. The SMILES string of the molecule is CSc1ccc(Oc2ncc(C=O)cn2)cc1. The second-order valence-corrected chi connectivity index (χ2v) is 4.07. The largest absolute Gasteiger partial charge is 0.424 e. The molecular formula is C12H10N2O2S. The van der Waals surface area contributed by atoms with Crippen molar-refractivity contribution in [1.29, 1.82) is 0 Å². The fourth-order valence-corrected chi connectivity index (χ4v) is 1.60. The zero-order valence-electron chi connectivity index (χ0n) is 9.16. The van der Waals surface area contributed by atoms with Gasteiger partial charge in [-0.15, -0.1) is 11.8 Å². The van der Waals surface area contributed by atoms with Crippen molar-refractivity contribution in [2.45, 2.75) is 4.90 Å². The molecule has 2 rings (SSSR count). The van der Waals surface area contributed by atoms with Crippen molar-refractivity contribution in [3.8, 4) is 11.8 Å². The van der Waals surface area contributed by atoms with Gasteiger partial charge >= 0.3 is 6.01 Å². The molecule has 0 saturated heterocycles. The third kappa shape index (κ3) is 3.04. The van der Waals surface area contributed by atoms with Crippen LogP contribution in [0, 0.1) is 0 Å². The molecule has 2 aromatic rings. The molecule has 5 heteroatoms. The lowest BCUT2D eigenvalue weighted by atomic mass is 10.3. The number of thioether (sulfide) groups is 1. The molecule has 0 bridgehead atoms. The van der Waals surface area contributed by atoms with E-state index in [0.717, 1.165) is 4.90 Å². The topological polar surface area (TPSA) is 52.1 Å². The van der Waals surface area contributed by atoms with E-state index in [1.165, 1.54) is 12.4 Å². The molecule has 0 aliphatic heterocycles. The molecule has 17 heavy (non-hydrogen) atoms. The summed E-state index contributed by atoms with van der Waals surface area (Å²) in [6.07, 6.45) is 5.55. The Kier molecular flexibility index (Phi) is 3.72. The zero-order chi connectivity index (χ0) is 12.1. The minimum Gasteiger partial charge on any atom is -0.424 e. The van der Waals surface area contributed by atoms with Crippen LogP contribution in [0.2, 0.25) is 0 Å². The van der Waals surface area contributed by atoms with Gasteiger partial charge in [-0.05, 0) is 30.5 Å². The second-order valence-electron chi connectivity index (χ2n) is 3.19. The first-order chi connectivity index (χ1) is 8.31. The van der Waals surface area contributed by atoms with Crippen molar-refractivity contribution in [1.82, 2.24) is 9.97 Å². The van der Waals surface area contributed by atoms with E-state index in [1.54, 1.807) is 11.8 Å². The van der Waals surface area contributed by atoms with Crippen LogP contribution in [0.25, 0.3) is 0 Å². The number of nitrogens with zero attached hydrogens (tertiary/aromatic N) is 2. The van der Waals surface area contributed by atoms with Crippen LogP contribution < -0.4 is 4.74 Å². The van der Waals surface area contributed by atoms with Gasteiger partial charge in [-0.25, -0.2) is 9.97 Å². The van der Waals surface area contributed by atoms with Gasteiger partial charge < -0.3 is 4.74 Å². The van der Waals surface area contributed by atoms with E-state index >= 15 is 0 Å². The molecule has 0 aliphatic carbocycles. The highest BCUT2D eigenvalue weighted by Gasteiger charge is 2.00. The van der Waals surface area contributed by atoms with Gasteiger partial charge in [0, 0.05) is 17.3 Å². The predicted molar refractivity (Wildman–Crippen MR) is 65.7 cm³/mol. The minimum atomic E-state index is 0.229. The number of hydrogen-bond acceptors (Lipinski definition) is 5. The summed E-state index contributed by atoms with van der Waals surface area (Å²) in [4.78, 5) is 19.4. The fourth-order valence-electron chi connectivity index (χ4n) is 1.19. The number of hydrogen-bond donors (Lipinski definition) is 0. The van der Waals surface area contributed by atoms with Crippen molar-refractivity contribution in [3.05, 3.63) is 42.2 Å². The molecule has 0 atom stereocenters. The smallest absolute Gasteiger partial charge is 0.321 e. The molecule has 1 heterocycles. The van der Waals surface area contributed by atoms with Gasteiger partial charge in [-0.1, -0.05) is 0 Å². The molecule has 0 amide bonds. The minimum absolute atomic E-state index is 0.229. The highest BCUT2D eigenvalue weighted by molar-refractivity contribution is 7.98. The molecular weight excluding hydrogens is 236 g/mol. The molecule has 0 spiro atoms. The van der Waals surface area contributed by atoms with Crippen molar-refractivity contribution >= 4 is 18.0 Å². The molecule has 86 valence electrons. The average Bonchev–Trinajstić information content (AvgIpc) is 2.40. The van der Waals surface area contributed by atoms with Crippen molar-refractivity contribution < 1.29 is 9.53 Å². The molecule has 1 aromatic heterocycles. The van der Waals surface area contributed by atoms with Crippen LogP contribution in [0.5, 0.6) is 11.8 Å². The zero-order valence-corrected chi connectivity index (χ0v) is 9.98. The molecule has 0 N–H and O–H groups in total. The summed E-state index contributed by atoms with van der Waals surface area (Å²) in [7, 11) is 0.